The average molecular weight is 503 g/mol. The molecule has 7 heteroatoms. The van der Waals surface area contributed by atoms with Gasteiger partial charge in [0.2, 0.25) is 0 Å². The van der Waals surface area contributed by atoms with Gasteiger partial charge in [-0.15, -0.1) is 24.0 Å². The van der Waals surface area contributed by atoms with Gasteiger partial charge in [0, 0.05) is 32.7 Å². The summed E-state index contributed by atoms with van der Waals surface area (Å²) in [6.07, 6.45) is 7.55. The largest absolute Gasteiger partial charge is 0.469 e. The monoisotopic (exact) mass is 503 g/mol. The molecule has 1 aromatic heterocycles. The van der Waals surface area contributed by atoms with Crippen LogP contribution >= 0.6 is 24.0 Å². The van der Waals surface area contributed by atoms with Gasteiger partial charge in [-0.1, -0.05) is 12.2 Å². The summed E-state index contributed by atoms with van der Waals surface area (Å²) in [5.41, 5.74) is 1.06. The van der Waals surface area contributed by atoms with E-state index in [1.165, 1.54) is 6.42 Å². The highest BCUT2D eigenvalue weighted by atomic mass is 127. The number of nitrogens with one attached hydrogen (secondary N) is 1. The van der Waals surface area contributed by atoms with Crippen LogP contribution < -0.4 is 5.32 Å². The maximum Gasteiger partial charge on any atom is 0.194 e. The third-order valence-corrected chi connectivity index (χ3v) is 5.02. The molecule has 0 saturated carbocycles. The lowest BCUT2D eigenvalue weighted by Crippen LogP contribution is -2.47. The lowest BCUT2D eigenvalue weighted by atomic mass is 10.1. The Morgan fingerprint density at radius 3 is 2.82 bits per heavy atom. The first-order valence-corrected chi connectivity index (χ1v) is 10.1. The Morgan fingerprint density at radius 2 is 2.18 bits per heavy atom. The summed E-state index contributed by atoms with van der Waals surface area (Å²) in [5, 5.41) is 3.49. The van der Waals surface area contributed by atoms with Crippen LogP contribution in [0.4, 0.5) is 0 Å². The minimum Gasteiger partial charge on any atom is -0.469 e. The molecule has 2 aliphatic rings. The lowest BCUT2D eigenvalue weighted by Gasteiger charge is -2.34. The van der Waals surface area contributed by atoms with E-state index in [-0.39, 0.29) is 24.0 Å². The number of halogens is 1. The smallest absolute Gasteiger partial charge is 0.194 e. The number of ether oxygens (including phenoxy) is 2. The van der Waals surface area contributed by atoms with Gasteiger partial charge in [0.1, 0.15) is 5.76 Å². The van der Waals surface area contributed by atoms with E-state index in [0.29, 0.717) is 18.8 Å². The van der Waals surface area contributed by atoms with E-state index in [9.17, 15) is 0 Å². The second-order valence-corrected chi connectivity index (χ2v) is 7.51. The molecule has 0 amide bonds. The Hall–Kier alpha value is -1.06. The fourth-order valence-corrected chi connectivity index (χ4v) is 3.48. The zero-order chi connectivity index (χ0) is 18.9. The number of nitrogens with zero attached hydrogens (tertiary/aromatic N) is 2. The second-order valence-electron chi connectivity index (χ2n) is 7.51. The fourth-order valence-electron chi connectivity index (χ4n) is 3.48. The normalized spacial score (nSPS) is 20.8. The first-order valence-electron chi connectivity index (χ1n) is 10.1. The van der Waals surface area contributed by atoms with E-state index in [1.807, 2.05) is 19.1 Å². The highest BCUT2D eigenvalue weighted by molar-refractivity contribution is 14.0. The number of piperidine rings is 1. The predicted molar refractivity (Wildman–Crippen MR) is 122 cm³/mol. The van der Waals surface area contributed by atoms with E-state index < -0.39 is 0 Å². The Morgan fingerprint density at radius 1 is 1.36 bits per heavy atom. The molecule has 28 heavy (non-hydrogen) atoms. The zero-order valence-corrected chi connectivity index (χ0v) is 19.2. The molecule has 6 nitrogen and oxygen atoms in total. The van der Waals surface area contributed by atoms with Crippen molar-refractivity contribution in [3.8, 4) is 0 Å². The van der Waals surface area contributed by atoms with Crippen molar-refractivity contribution in [2.75, 3.05) is 39.4 Å². The van der Waals surface area contributed by atoms with Gasteiger partial charge < -0.3 is 24.1 Å². The standard InChI is InChI=1S/C21H33N3O3.HI/c1-17(2)15-23-21(22-10-7-18-5-3-13-25-18)24-11-8-19(9-12-24)27-16-20-6-4-14-26-20;/h3,5,13,19-20H,1,4,6-12,14-16H2,2H3,(H,22,23);1H. The minimum atomic E-state index is 0. The SMILES string of the molecule is C=C(C)CN=C(NCCc1ccco1)N1CCC(OCC2CCCO2)CC1.I. The van der Waals surface area contributed by atoms with Crippen LogP contribution in [0.3, 0.4) is 0 Å². The van der Waals surface area contributed by atoms with Crippen LogP contribution in [0, 0.1) is 0 Å². The summed E-state index contributed by atoms with van der Waals surface area (Å²) in [6.45, 7) is 11.0. The lowest BCUT2D eigenvalue weighted by molar-refractivity contribution is -0.0367. The maximum absolute atomic E-state index is 6.08. The van der Waals surface area contributed by atoms with E-state index in [2.05, 4.69) is 16.8 Å². The number of hydrogen-bond acceptors (Lipinski definition) is 4. The fraction of sp³-hybridized carbons (Fsp3) is 0.667. The molecule has 2 aliphatic heterocycles. The molecule has 0 aromatic carbocycles. The van der Waals surface area contributed by atoms with Gasteiger partial charge >= 0.3 is 0 Å². The summed E-state index contributed by atoms with van der Waals surface area (Å²) < 4.78 is 17.1. The van der Waals surface area contributed by atoms with Gasteiger partial charge in [-0.05, 0) is 44.7 Å². The number of rotatable bonds is 8. The molecule has 1 unspecified atom stereocenters. The summed E-state index contributed by atoms with van der Waals surface area (Å²) in [6, 6.07) is 3.93. The Labute approximate surface area is 185 Å². The third kappa shape index (κ3) is 7.75. The van der Waals surface area contributed by atoms with Crippen molar-refractivity contribution < 1.29 is 13.9 Å². The predicted octanol–water partition coefficient (Wildman–Crippen LogP) is 3.62. The topological polar surface area (TPSA) is 59.2 Å². The van der Waals surface area contributed by atoms with Crippen molar-refractivity contribution in [3.63, 3.8) is 0 Å². The number of likely N-dealkylation sites (tertiary alicyclic amines) is 1. The molecule has 2 fully saturated rings. The van der Waals surface area contributed by atoms with Crippen LogP contribution in [0.2, 0.25) is 0 Å². The number of hydrogen-bond donors (Lipinski definition) is 1. The maximum atomic E-state index is 6.08. The average Bonchev–Trinajstić information content (AvgIpc) is 3.37. The molecule has 1 aromatic rings. The van der Waals surface area contributed by atoms with Crippen molar-refractivity contribution in [1.29, 1.82) is 0 Å². The van der Waals surface area contributed by atoms with Crippen LogP contribution in [-0.4, -0.2) is 62.5 Å². The number of aliphatic imine (C=N–C) groups is 1. The molecule has 3 rings (SSSR count). The molecule has 0 radical (unpaired) electrons. The van der Waals surface area contributed by atoms with Crippen molar-refractivity contribution in [1.82, 2.24) is 10.2 Å². The Kier molecular flexibility index (Phi) is 10.4. The molecule has 1 atom stereocenters. The molecule has 0 aliphatic carbocycles. The molecule has 2 saturated heterocycles. The Bertz CT molecular complexity index is 592. The van der Waals surface area contributed by atoms with Crippen molar-refractivity contribution in [2.24, 2.45) is 4.99 Å². The van der Waals surface area contributed by atoms with Crippen molar-refractivity contribution >= 4 is 29.9 Å². The molecule has 0 spiro atoms. The summed E-state index contributed by atoms with van der Waals surface area (Å²) >= 11 is 0. The molecule has 1 N–H and O–H groups in total. The molecule has 3 heterocycles. The van der Waals surface area contributed by atoms with E-state index in [0.717, 1.165) is 75.8 Å². The van der Waals surface area contributed by atoms with Gasteiger partial charge in [0.05, 0.1) is 31.6 Å². The summed E-state index contributed by atoms with van der Waals surface area (Å²) in [4.78, 5) is 7.07. The molecule has 158 valence electrons. The van der Waals surface area contributed by atoms with Crippen LogP contribution in [0.15, 0.2) is 40.0 Å². The van der Waals surface area contributed by atoms with Crippen LogP contribution in [0.1, 0.15) is 38.4 Å². The zero-order valence-electron chi connectivity index (χ0n) is 16.9. The van der Waals surface area contributed by atoms with Crippen LogP contribution in [0.5, 0.6) is 0 Å². The number of guanidine groups is 1. The van der Waals surface area contributed by atoms with E-state index in [1.54, 1.807) is 6.26 Å². The van der Waals surface area contributed by atoms with Crippen molar-refractivity contribution in [2.45, 2.75) is 51.2 Å². The number of furan rings is 1. The third-order valence-electron chi connectivity index (χ3n) is 5.02. The molecular weight excluding hydrogens is 469 g/mol. The van der Waals surface area contributed by atoms with Gasteiger partial charge in [0.25, 0.3) is 0 Å². The first-order chi connectivity index (χ1) is 13.2. The highest BCUT2D eigenvalue weighted by Gasteiger charge is 2.24. The highest BCUT2D eigenvalue weighted by Crippen LogP contribution is 2.18. The van der Waals surface area contributed by atoms with Crippen LogP contribution in [-0.2, 0) is 15.9 Å². The summed E-state index contributed by atoms with van der Waals surface area (Å²) in [5.74, 6) is 1.95. The molecular formula is C21H34IN3O3. The van der Waals surface area contributed by atoms with Gasteiger partial charge in [-0.25, -0.2) is 4.99 Å². The van der Waals surface area contributed by atoms with Crippen LogP contribution in [0.25, 0.3) is 0 Å². The van der Waals surface area contributed by atoms with Gasteiger partial charge in [0.15, 0.2) is 5.96 Å². The first kappa shape index (κ1) is 23.2. The second kappa shape index (κ2) is 12.5. The van der Waals surface area contributed by atoms with Crippen molar-refractivity contribution in [3.05, 3.63) is 36.3 Å². The van der Waals surface area contributed by atoms with Gasteiger partial charge in [-0.3, -0.25) is 0 Å². The summed E-state index contributed by atoms with van der Waals surface area (Å²) in [7, 11) is 0. The quantitative estimate of drug-likeness (QED) is 0.254. The van der Waals surface area contributed by atoms with Gasteiger partial charge in [-0.2, -0.15) is 0 Å². The van der Waals surface area contributed by atoms with E-state index in [4.69, 9.17) is 18.9 Å². The van der Waals surface area contributed by atoms with E-state index >= 15 is 0 Å². The molecule has 0 bridgehead atoms. The minimum absolute atomic E-state index is 0. The Balaban J connectivity index is 0.00000280.